The molecule has 24 heavy (non-hydrogen) atoms. The second-order valence-corrected chi connectivity index (χ2v) is 8.41. The molecule has 2 saturated heterocycles. The van der Waals surface area contributed by atoms with E-state index < -0.39 is 10.0 Å². The molecular formula is C17H25N3O3S. The third-order valence-corrected chi connectivity index (χ3v) is 6.63. The lowest BCUT2D eigenvalue weighted by molar-refractivity contribution is -0.122. The summed E-state index contributed by atoms with van der Waals surface area (Å²) in [5, 5.41) is 6.06. The predicted octanol–water partition coefficient (Wildman–Crippen LogP) is 1.23. The van der Waals surface area contributed by atoms with E-state index in [-0.39, 0.29) is 11.9 Å². The molecule has 7 heteroatoms. The molecule has 6 nitrogen and oxygen atoms in total. The van der Waals surface area contributed by atoms with Crippen molar-refractivity contribution >= 4 is 15.9 Å². The SMILES string of the molecule is O=C(NCc1ccc(S(=O)(=O)N2CCCCC2)cc1)C1CCCN1. The largest absolute Gasteiger partial charge is 0.351 e. The highest BCUT2D eigenvalue weighted by Gasteiger charge is 2.26. The number of piperidine rings is 1. The Morgan fingerprint density at radius 2 is 1.83 bits per heavy atom. The first-order valence-electron chi connectivity index (χ1n) is 8.67. The van der Waals surface area contributed by atoms with Crippen molar-refractivity contribution in [3.8, 4) is 0 Å². The second-order valence-electron chi connectivity index (χ2n) is 6.48. The minimum atomic E-state index is -3.39. The maximum atomic E-state index is 12.6. The molecule has 1 atom stereocenters. The fraction of sp³-hybridized carbons (Fsp3) is 0.588. The normalized spacial score (nSPS) is 22.4. The Balaban J connectivity index is 1.59. The molecule has 0 aromatic heterocycles. The number of hydrogen-bond donors (Lipinski definition) is 2. The van der Waals surface area contributed by atoms with E-state index in [2.05, 4.69) is 10.6 Å². The number of hydrogen-bond acceptors (Lipinski definition) is 4. The lowest BCUT2D eigenvalue weighted by Crippen LogP contribution is -2.40. The minimum Gasteiger partial charge on any atom is -0.351 e. The number of nitrogens with zero attached hydrogens (tertiary/aromatic N) is 1. The van der Waals surface area contributed by atoms with Gasteiger partial charge in [-0.2, -0.15) is 4.31 Å². The summed E-state index contributed by atoms with van der Waals surface area (Å²) in [4.78, 5) is 12.3. The van der Waals surface area contributed by atoms with Gasteiger partial charge in [-0.15, -0.1) is 0 Å². The van der Waals surface area contributed by atoms with Gasteiger partial charge in [-0.3, -0.25) is 4.79 Å². The quantitative estimate of drug-likeness (QED) is 0.836. The van der Waals surface area contributed by atoms with Crippen LogP contribution in [0.2, 0.25) is 0 Å². The van der Waals surface area contributed by atoms with Crippen LogP contribution in [-0.2, 0) is 21.4 Å². The van der Waals surface area contributed by atoms with Crippen molar-refractivity contribution in [1.82, 2.24) is 14.9 Å². The number of carbonyl (C=O) groups excluding carboxylic acids is 1. The number of amides is 1. The molecule has 2 aliphatic heterocycles. The monoisotopic (exact) mass is 351 g/mol. The maximum absolute atomic E-state index is 12.6. The Bertz CT molecular complexity index is 661. The predicted molar refractivity (Wildman–Crippen MR) is 91.9 cm³/mol. The average molecular weight is 351 g/mol. The molecule has 2 fully saturated rings. The Kier molecular flexibility index (Phi) is 5.53. The topological polar surface area (TPSA) is 78.5 Å². The van der Waals surface area contributed by atoms with Crippen molar-refractivity contribution in [3.63, 3.8) is 0 Å². The molecule has 0 bridgehead atoms. The van der Waals surface area contributed by atoms with E-state index in [1.54, 1.807) is 28.6 Å². The van der Waals surface area contributed by atoms with E-state index >= 15 is 0 Å². The lowest BCUT2D eigenvalue weighted by Gasteiger charge is -2.25. The Labute approximate surface area is 143 Å². The van der Waals surface area contributed by atoms with E-state index in [9.17, 15) is 13.2 Å². The van der Waals surface area contributed by atoms with Crippen LogP contribution in [0.4, 0.5) is 0 Å². The molecule has 132 valence electrons. The molecule has 0 saturated carbocycles. The molecule has 0 aliphatic carbocycles. The van der Waals surface area contributed by atoms with E-state index in [1.165, 1.54) is 0 Å². The van der Waals surface area contributed by atoms with Crippen LogP contribution in [0.3, 0.4) is 0 Å². The molecule has 3 rings (SSSR count). The number of rotatable bonds is 5. The third-order valence-electron chi connectivity index (χ3n) is 4.72. The van der Waals surface area contributed by atoms with Crippen LogP contribution in [-0.4, -0.2) is 44.3 Å². The molecule has 2 N–H and O–H groups in total. The van der Waals surface area contributed by atoms with Crippen LogP contribution < -0.4 is 10.6 Å². The van der Waals surface area contributed by atoms with Crippen LogP contribution >= 0.6 is 0 Å². The molecule has 0 spiro atoms. The molecule has 2 aliphatic rings. The minimum absolute atomic E-state index is 0.0116. The van der Waals surface area contributed by atoms with E-state index in [0.29, 0.717) is 24.5 Å². The van der Waals surface area contributed by atoms with Crippen LogP contribution in [0.25, 0.3) is 0 Å². The Morgan fingerprint density at radius 1 is 1.12 bits per heavy atom. The summed E-state index contributed by atoms with van der Waals surface area (Å²) in [5.41, 5.74) is 0.902. The van der Waals surface area contributed by atoms with Gasteiger partial charge in [0.15, 0.2) is 0 Å². The summed E-state index contributed by atoms with van der Waals surface area (Å²) >= 11 is 0. The van der Waals surface area contributed by atoms with Gasteiger partial charge >= 0.3 is 0 Å². The Hall–Kier alpha value is -1.44. The van der Waals surface area contributed by atoms with Crippen molar-refractivity contribution in [1.29, 1.82) is 0 Å². The number of sulfonamides is 1. The maximum Gasteiger partial charge on any atom is 0.243 e. The smallest absolute Gasteiger partial charge is 0.243 e. The fourth-order valence-corrected chi connectivity index (χ4v) is 4.77. The first-order chi connectivity index (χ1) is 11.6. The van der Waals surface area contributed by atoms with Crippen molar-refractivity contribution in [3.05, 3.63) is 29.8 Å². The van der Waals surface area contributed by atoms with Crippen molar-refractivity contribution in [2.24, 2.45) is 0 Å². The summed E-state index contributed by atoms with van der Waals surface area (Å²) in [6.07, 6.45) is 4.86. The van der Waals surface area contributed by atoms with E-state index in [4.69, 9.17) is 0 Å². The highest BCUT2D eigenvalue weighted by molar-refractivity contribution is 7.89. The zero-order chi connectivity index (χ0) is 17.0. The van der Waals surface area contributed by atoms with E-state index in [0.717, 1.165) is 44.2 Å². The van der Waals surface area contributed by atoms with Gasteiger partial charge in [-0.25, -0.2) is 8.42 Å². The van der Waals surface area contributed by atoms with Crippen molar-refractivity contribution in [2.75, 3.05) is 19.6 Å². The van der Waals surface area contributed by atoms with Gasteiger partial charge in [0.25, 0.3) is 0 Å². The summed E-state index contributed by atoms with van der Waals surface area (Å²) in [7, 11) is -3.39. The van der Waals surface area contributed by atoms with Gasteiger partial charge in [0.1, 0.15) is 0 Å². The zero-order valence-corrected chi connectivity index (χ0v) is 14.6. The van der Waals surface area contributed by atoms with Gasteiger partial charge in [-0.1, -0.05) is 18.6 Å². The molecule has 1 unspecified atom stereocenters. The number of nitrogens with one attached hydrogen (secondary N) is 2. The van der Waals surface area contributed by atoms with Crippen molar-refractivity contribution in [2.45, 2.75) is 49.6 Å². The summed E-state index contributed by atoms with van der Waals surface area (Å²) < 4.78 is 26.7. The van der Waals surface area contributed by atoms with Gasteiger partial charge < -0.3 is 10.6 Å². The van der Waals surface area contributed by atoms with Crippen LogP contribution in [0.1, 0.15) is 37.7 Å². The number of benzene rings is 1. The van der Waals surface area contributed by atoms with Gasteiger partial charge in [0.05, 0.1) is 10.9 Å². The molecule has 1 aromatic rings. The van der Waals surface area contributed by atoms with Gasteiger partial charge in [0, 0.05) is 19.6 Å². The molecule has 2 heterocycles. The highest BCUT2D eigenvalue weighted by atomic mass is 32.2. The van der Waals surface area contributed by atoms with Crippen LogP contribution in [0.15, 0.2) is 29.2 Å². The van der Waals surface area contributed by atoms with Crippen LogP contribution in [0, 0.1) is 0 Å². The third kappa shape index (κ3) is 3.96. The zero-order valence-electron chi connectivity index (χ0n) is 13.8. The molecule has 1 amide bonds. The fourth-order valence-electron chi connectivity index (χ4n) is 3.25. The summed E-state index contributed by atoms with van der Waals surface area (Å²) in [5.74, 6) is 0.0116. The number of carbonyl (C=O) groups is 1. The first-order valence-corrected chi connectivity index (χ1v) is 10.1. The standard InChI is InChI=1S/C17H25N3O3S/c21-17(16-5-4-10-18-16)19-13-14-6-8-15(9-7-14)24(22,23)20-11-2-1-3-12-20/h6-9,16,18H,1-5,10-13H2,(H,19,21). The summed E-state index contributed by atoms with van der Waals surface area (Å²) in [6, 6.07) is 6.74. The van der Waals surface area contributed by atoms with Crippen LogP contribution in [0.5, 0.6) is 0 Å². The van der Waals surface area contributed by atoms with E-state index in [1.807, 2.05) is 0 Å². The Morgan fingerprint density at radius 3 is 2.46 bits per heavy atom. The second kappa shape index (κ2) is 7.63. The molecular weight excluding hydrogens is 326 g/mol. The van der Waals surface area contributed by atoms with Gasteiger partial charge in [-0.05, 0) is 49.9 Å². The summed E-state index contributed by atoms with van der Waals surface area (Å²) in [6.45, 7) is 2.52. The average Bonchev–Trinajstić information content (AvgIpc) is 3.15. The first kappa shape index (κ1) is 17.4. The van der Waals surface area contributed by atoms with Gasteiger partial charge in [0.2, 0.25) is 15.9 Å². The van der Waals surface area contributed by atoms with Crippen molar-refractivity contribution < 1.29 is 13.2 Å². The molecule has 1 aromatic carbocycles. The lowest BCUT2D eigenvalue weighted by atomic mass is 10.2. The molecule has 0 radical (unpaired) electrons. The highest BCUT2D eigenvalue weighted by Crippen LogP contribution is 2.20.